The zero-order valence-electron chi connectivity index (χ0n) is 13.7. The number of pyridine rings is 1. The van der Waals surface area contributed by atoms with Gasteiger partial charge in [-0.15, -0.1) is 0 Å². The molecule has 3 heterocycles. The van der Waals surface area contributed by atoms with Crippen molar-refractivity contribution in [2.24, 2.45) is 0 Å². The molecule has 6 heteroatoms. The fourth-order valence-corrected chi connectivity index (χ4v) is 3.22. The highest BCUT2D eigenvalue weighted by atomic mass is 16.3. The number of fused-ring (bicyclic) bond motifs is 1. The van der Waals surface area contributed by atoms with Crippen LogP contribution in [0.4, 0.5) is 11.6 Å². The van der Waals surface area contributed by atoms with Crippen LogP contribution in [0, 0.1) is 0 Å². The molecular weight excluding hydrogens is 302 g/mol. The summed E-state index contributed by atoms with van der Waals surface area (Å²) in [6.45, 7) is 2.17. The van der Waals surface area contributed by atoms with Crippen LogP contribution in [0.3, 0.4) is 0 Å². The highest BCUT2D eigenvalue weighted by Crippen LogP contribution is 2.27. The van der Waals surface area contributed by atoms with E-state index in [0.29, 0.717) is 6.54 Å². The first-order chi connectivity index (χ1) is 11.7. The van der Waals surface area contributed by atoms with Gasteiger partial charge in [-0.1, -0.05) is 30.3 Å². The van der Waals surface area contributed by atoms with Gasteiger partial charge in [0.25, 0.3) is 0 Å². The van der Waals surface area contributed by atoms with Gasteiger partial charge >= 0.3 is 0 Å². The molecule has 0 saturated carbocycles. The number of hydrogen-bond acceptors (Lipinski definition) is 5. The molecule has 4 rings (SSSR count). The van der Waals surface area contributed by atoms with Crippen LogP contribution in [0.1, 0.15) is 12.0 Å². The molecule has 2 aromatic heterocycles. The second-order valence-electron chi connectivity index (χ2n) is 6.19. The standard InChI is InChI=1S/C18H21N5O/c1-19-14-9-16-17(20-10-14)21-18(22-8-7-15(24)12-22)23(16)11-13-5-3-2-4-6-13/h2-6,9-10,15,19,24H,7-8,11-12H2,1H3/t15-/m1/s1. The smallest absolute Gasteiger partial charge is 0.208 e. The fourth-order valence-electron chi connectivity index (χ4n) is 3.22. The van der Waals surface area contributed by atoms with Gasteiger partial charge in [0.15, 0.2) is 5.65 Å². The second kappa shape index (κ2) is 6.13. The number of nitrogens with one attached hydrogen (secondary N) is 1. The number of benzene rings is 1. The van der Waals surface area contributed by atoms with Gasteiger partial charge in [-0.3, -0.25) is 0 Å². The Labute approximate surface area is 140 Å². The zero-order valence-corrected chi connectivity index (χ0v) is 13.7. The lowest BCUT2D eigenvalue weighted by Crippen LogP contribution is -2.25. The minimum atomic E-state index is -0.282. The topological polar surface area (TPSA) is 66.2 Å². The number of imidazole rings is 1. The Hall–Kier alpha value is -2.60. The van der Waals surface area contributed by atoms with Crippen molar-refractivity contribution < 1.29 is 5.11 Å². The number of aliphatic hydroxyl groups is 1. The SMILES string of the molecule is CNc1cnc2nc(N3CC[C@@H](O)C3)n(Cc3ccccc3)c2c1. The van der Waals surface area contributed by atoms with Gasteiger partial charge < -0.3 is 19.9 Å². The first-order valence-corrected chi connectivity index (χ1v) is 8.25. The van der Waals surface area contributed by atoms with Crippen molar-refractivity contribution in [2.45, 2.75) is 19.1 Å². The lowest BCUT2D eigenvalue weighted by atomic mass is 10.2. The molecule has 24 heavy (non-hydrogen) atoms. The van der Waals surface area contributed by atoms with Gasteiger partial charge in [0, 0.05) is 20.1 Å². The summed E-state index contributed by atoms with van der Waals surface area (Å²) in [5, 5.41) is 13.0. The molecule has 1 saturated heterocycles. The number of β-amino-alcohol motifs (C(OH)–C–C–N with tert-alkyl or cyclic N) is 1. The van der Waals surface area contributed by atoms with E-state index in [1.807, 2.05) is 25.2 Å². The van der Waals surface area contributed by atoms with E-state index < -0.39 is 0 Å². The van der Waals surface area contributed by atoms with Crippen LogP contribution in [0.2, 0.25) is 0 Å². The van der Waals surface area contributed by atoms with E-state index in [0.717, 1.165) is 42.3 Å². The van der Waals surface area contributed by atoms with Gasteiger partial charge in [-0.25, -0.2) is 4.98 Å². The van der Waals surface area contributed by atoms with Gasteiger partial charge in [-0.05, 0) is 18.1 Å². The summed E-state index contributed by atoms with van der Waals surface area (Å²) in [4.78, 5) is 11.4. The van der Waals surface area contributed by atoms with Crippen LogP contribution < -0.4 is 10.2 Å². The Morgan fingerprint density at radius 2 is 2.12 bits per heavy atom. The van der Waals surface area contributed by atoms with Crippen LogP contribution in [0.5, 0.6) is 0 Å². The molecule has 0 radical (unpaired) electrons. The van der Waals surface area contributed by atoms with Crippen LogP contribution in [0.15, 0.2) is 42.6 Å². The van der Waals surface area contributed by atoms with E-state index >= 15 is 0 Å². The average Bonchev–Trinajstić information content (AvgIpc) is 3.19. The predicted octanol–water partition coefficient (Wildman–Crippen LogP) is 2.09. The van der Waals surface area contributed by atoms with Crippen LogP contribution in [-0.2, 0) is 6.54 Å². The van der Waals surface area contributed by atoms with E-state index in [-0.39, 0.29) is 6.10 Å². The van der Waals surface area contributed by atoms with Crippen molar-refractivity contribution in [1.82, 2.24) is 14.5 Å². The van der Waals surface area contributed by atoms with E-state index in [1.165, 1.54) is 5.56 Å². The summed E-state index contributed by atoms with van der Waals surface area (Å²) in [5.41, 5.74) is 3.92. The van der Waals surface area contributed by atoms with E-state index in [2.05, 4.69) is 38.0 Å². The summed E-state index contributed by atoms with van der Waals surface area (Å²) in [5.74, 6) is 0.881. The molecule has 6 nitrogen and oxygen atoms in total. The molecule has 1 aliphatic heterocycles. The minimum Gasteiger partial charge on any atom is -0.391 e. The maximum absolute atomic E-state index is 9.89. The fraction of sp³-hybridized carbons (Fsp3) is 0.333. The largest absolute Gasteiger partial charge is 0.391 e. The van der Waals surface area contributed by atoms with Crippen molar-refractivity contribution in [3.05, 3.63) is 48.2 Å². The highest BCUT2D eigenvalue weighted by Gasteiger charge is 2.25. The number of nitrogens with zero attached hydrogens (tertiary/aromatic N) is 4. The molecule has 0 aliphatic carbocycles. The molecule has 1 atom stereocenters. The zero-order chi connectivity index (χ0) is 16.5. The Kier molecular flexibility index (Phi) is 3.82. The second-order valence-corrected chi connectivity index (χ2v) is 6.19. The number of aliphatic hydroxyl groups excluding tert-OH is 1. The summed E-state index contributed by atoms with van der Waals surface area (Å²) in [6, 6.07) is 12.4. The molecule has 0 bridgehead atoms. The Morgan fingerprint density at radius 1 is 1.29 bits per heavy atom. The van der Waals surface area contributed by atoms with Crippen molar-refractivity contribution in [1.29, 1.82) is 0 Å². The molecule has 1 aromatic carbocycles. The van der Waals surface area contributed by atoms with E-state index in [9.17, 15) is 5.11 Å². The van der Waals surface area contributed by atoms with Gasteiger partial charge in [-0.2, -0.15) is 4.98 Å². The highest BCUT2D eigenvalue weighted by molar-refractivity contribution is 5.78. The first kappa shape index (κ1) is 15.0. The third kappa shape index (κ3) is 2.69. The van der Waals surface area contributed by atoms with Crippen LogP contribution in [-0.4, -0.2) is 45.9 Å². The van der Waals surface area contributed by atoms with Crippen molar-refractivity contribution in [3.8, 4) is 0 Å². The number of hydrogen-bond donors (Lipinski definition) is 2. The number of aromatic nitrogens is 3. The normalized spacial score (nSPS) is 17.6. The first-order valence-electron chi connectivity index (χ1n) is 8.25. The summed E-state index contributed by atoms with van der Waals surface area (Å²) in [6.07, 6.45) is 2.30. The number of rotatable bonds is 4. The minimum absolute atomic E-state index is 0.282. The molecule has 2 N–H and O–H groups in total. The molecule has 124 valence electrons. The summed E-state index contributed by atoms with van der Waals surface area (Å²) >= 11 is 0. The predicted molar refractivity (Wildman–Crippen MR) is 95.5 cm³/mol. The van der Waals surface area contributed by atoms with Gasteiger partial charge in [0.2, 0.25) is 5.95 Å². The maximum atomic E-state index is 9.89. The van der Waals surface area contributed by atoms with Crippen molar-refractivity contribution >= 4 is 22.8 Å². The summed E-state index contributed by atoms with van der Waals surface area (Å²) in [7, 11) is 1.89. The number of anilines is 2. The Balaban J connectivity index is 1.82. The third-order valence-corrected chi connectivity index (χ3v) is 4.50. The lowest BCUT2D eigenvalue weighted by molar-refractivity contribution is 0.198. The monoisotopic (exact) mass is 323 g/mol. The molecule has 0 spiro atoms. The van der Waals surface area contributed by atoms with Crippen molar-refractivity contribution in [2.75, 3.05) is 30.4 Å². The molecular formula is C18H21N5O. The molecule has 0 unspecified atom stereocenters. The lowest BCUT2D eigenvalue weighted by Gasteiger charge is -2.19. The summed E-state index contributed by atoms with van der Waals surface area (Å²) < 4.78 is 2.19. The third-order valence-electron chi connectivity index (χ3n) is 4.50. The average molecular weight is 323 g/mol. The van der Waals surface area contributed by atoms with Crippen LogP contribution in [0.25, 0.3) is 11.2 Å². The quantitative estimate of drug-likeness (QED) is 0.770. The van der Waals surface area contributed by atoms with E-state index in [1.54, 1.807) is 6.20 Å². The maximum Gasteiger partial charge on any atom is 0.208 e. The Morgan fingerprint density at radius 3 is 2.83 bits per heavy atom. The van der Waals surface area contributed by atoms with Crippen molar-refractivity contribution in [3.63, 3.8) is 0 Å². The van der Waals surface area contributed by atoms with Gasteiger partial charge in [0.1, 0.15) is 0 Å². The van der Waals surface area contributed by atoms with Gasteiger partial charge in [0.05, 0.1) is 30.0 Å². The molecule has 3 aromatic rings. The van der Waals surface area contributed by atoms with Crippen LogP contribution >= 0.6 is 0 Å². The molecule has 1 aliphatic rings. The molecule has 0 amide bonds. The Bertz CT molecular complexity index is 845. The molecule has 1 fully saturated rings. The van der Waals surface area contributed by atoms with E-state index in [4.69, 9.17) is 4.98 Å².